The van der Waals surface area contributed by atoms with Crippen LogP contribution in [0.1, 0.15) is 18.1 Å². The Hall–Kier alpha value is -3.85. The molecule has 0 amide bonds. The number of aryl methyl sites for hydroxylation is 1. The van der Waals surface area contributed by atoms with E-state index >= 15 is 0 Å². The van der Waals surface area contributed by atoms with Gasteiger partial charge >= 0.3 is 5.97 Å². The molecule has 6 heteroatoms. The van der Waals surface area contributed by atoms with Gasteiger partial charge in [0.1, 0.15) is 11.5 Å². The van der Waals surface area contributed by atoms with Gasteiger partial charge in [0.2, 0.25) is 0 Å². The van der Waals surface area contributed by atoms with Crippen LogP contribution >= 0.6 is 0 Å². The first-order chi connectivity index (χ1) is 13.9. The predicted octanol–water partition coefficient (Wildman–Crippen LogP) is 5.34. The number of halogens is 1. The number of nitriles is 1. The molecule has 29 heavy (non-hydrogen) atoms. The molecule has 5 nitrogen and oxygen atoms in total. The fraction of sp³-hybridized carbons (Fsp3) is 0.130. The number of carboxylic acid groups (broad SMARTS) is 1. The van der Waals surface area contributed by atoms with Crippen LogP contribution in [-0.2, 0) is 4.79 Å². The van der Waals surface area contributed by atoms with E-state index in [2.05, 4.69) is 19.1 Å². The number of aliphatic carboxylic acids is 1. The molecule has 0 aliphatic carbocycles. The van der Waals surface area contributed by atoms with Gasteiger partial charge < -0.3 is 14.6 Å². The van der Waals surface area contributed by atoms with Gasteiger partial charge in [0.25, 0.3) is 0 Å². The first kappa shape index (κ1) is 21.5. The van der Waals surface area contributed by atoms with Gasteiger partial charge in [-0.05, 0) is 56.3 Å². The van der Waals surface area contributed by atoms with Gasteiger partial charge in [-0.2, -0.15) is 5.26 Å². The van der Waals surface area contributed by atoms with Crippen molar-refractivity contribution in [3.8, 4) is 23.3 Å². The predicted molar refractivity (Wildman–Crippen MR) is 107 cm³/mol. The van der Waals surface area contributed by atoms with E-state index in [1.165, 1.54) is 48.9 Å². The Balaban J connectivity index is 0.000000360. The van der Waals surface area contributed by atoms with Gasteiger partial charge in [0.15, 0.2) is 17.7 Å². The standard InChI is InChI=1S/C16H12FNO4.C7H8/c1-10(16(19)20)21-12-3-5-13(6-4-12)22-15-7-2-11(9-18)8-14(15)17;1-7-5-3-2-4-6-7/h2-8,10H,1H3,(H,19,20);2-6H,1H3/t10-;/m1./s1. The monoisotopic (exact) mass is 393 g/mol. The third kappa shape index (κ3) is 7.00. The lowest BCUT2D eigenvalue weighted by atomic mass is 10.2. The number of benzene rings is 3. The highest BCUT2D eigenvalue weighted by Crippen LogP contribution is 2.27. The summed E-state index contributed by atoms with van der Waals surface area (Å²) in [5.74, 6) is -0.994. The van der Waals surface area contributed by atoms with Crippen LogP contribution in [0.4, 0.5) is 4.39 Å². The van der Waals surface area contributed by atoms with Gasteiger partial charge in [-0.3, -0.25) is 0 Å². The van der Waals surface area contributed by atoms with Crippen molar-refractivity contribution in [2.75, 3.05) is 0 Å². The molecule has 3 aromatic rings. The van der Waals surface area contributed by atoms with Crippen LogP contribution in [0.2, 0.25) is 0 Å². The highest BCUT2D eigenvalue weighted by Gasteiger charge is 2.12. The molecular formula is C23H20FNO4. The average molecular weight is 393 g/mol. The first-order valence-electron chi connectivity index (χ1n) is 8.77. The zero-order valence-electron chi connectivity index (χ0n) is 16.0. The molecule has 0 saturated carbocycles. The highest BCUT2D eigenvalue weighted by atomic mass is 19.1. The molecule has 0 heterocycles. The van der Waals surface area contributed by atoms with E-state index in [1.54, 1.807) is 0 Å². The van der Waals surface area contributed by atoms with Crippen LogP contribution in [0.15, 0.2) is 72.8 Å². The van der Waals surface area contributed by atoms with Crippen molar-refractivity contribution >= 4 is 5.97 Å². The smallest absolute Gasteiger partial charge is 0.344 e. The van der Waals surface area contributed by atoms with E-state index in [4.69, 9.17) is 19.8 Å². The van der Waals surface area contributed by atoms with Crippen molar-refractivity contribution in [2.45, 2.75) is 20.0 Å². The highest BCUT2D eigenvalue weighted by molar-refractivity contribution is 5.72. The second-order valence-electron chi connectivity index (χ2n) is 6.08. The maximum absolute atomic E-state index is 13.7. The van der Waals surface area contributed by atoms with E-state index in [0.29, 0.717) is 11.5 Å². The molecule has 0 bridgehead atoms. The van der Waals surface area contributed by atoms with E-state index in [0.717, 1.165) is 6.07 Å². The van der Waals surface area contributed by atoms with Crippen molar-refractivity contribution in [1.82, 2.24) is 0 Å². The normalized spacial score (nSPS) is 10.7. The Kier molecular flexibility index (Phi) is 7.75. The van der Waals surface area contributed by atoms with Gasteiger partial charge in [-0.25, -0.2) is 9.18 Å². The van der Waals surface area contributed by atoms with Gasteiger partial charge in [0, 0.05) is 0 Å². The first-order valence-corrected chi connectivity index (χ1v) is 8.77. The molecule has 0 aliphatic heterocycles. The molecule has 0 radical (unpaired) electrons. The lowest BCUT2D eigenvalue weighted by Crippen LogP contribution is -2.22. The Morgan fingerprint density at radius 2 is 1.66 bits per heavy atom. The Morgan fingerprint density at radius 3 is 2.14 bits per heavy atom. The molecule has 0 aliphatic rings. The SMILES string of the molecule is C[C@@H](Oc1ccc(Oc2ccc(C#N)cc2F)cc1)C(=O)O.Cc1ccccc1. The minimum atomic E-state index is -1.07. The van der Waals surface area contributed by atoms with E-state index in [9.17, 15) is 9.18 Å². The van der Waals surface area contributed by atoms with E-state index < -0.39 is 17.9 Å². The lowest BCUT2D eigenvalue weighted by Gasteiger charge is -2.11. The Morgan fingerprint density at radius 1 is 1.03 bits per heavy atom. The summed E-state index contributed by atoms with van der Waals surface area (Å²) >= 11 is 0. The second-order valence-corrected chi connectivity index (χ2v) is 6.08. The zero-order chi connectivity index (χ0) is 21.2. The van der Waals surface area contributed by atoms with Gasteiger partial charge in [0.05, 0.1) is 11.6 Å². The molecule has 1 N–H and O–H groups in total. The third-order valence-corrected chi connectivity index (χ3v) is 3.71. The zero-order valence-corrected chi connectivity index (χ0v) is 16.0. The number of carboxylic acids is 1. The molecule has 148 valence electrons. The number of hydrogen-bond donors (Lipinski definition) is 1. The maximum atomic E-state index is 13.7. The van der Waals surface area contributed by atoms with Gasteiger partial charge in [-0.15, -0.1) is 0 Å². The molecule has 3 rings (SSSR count). The summed E-state index contributed by atoms with van der Waals surface area (Å²) in [5.41, 5.74) is 1.53. The molecule has 0 unspecified atom stereocenters. The molecule has 1 atom stereocenters. The molecule has 0 aromatic heterocycles. The van der Waals surface area contributed by atoms with Crippen molar-refractivity contribution in [2.24, 2.45) is 0 Å². The summed E-state index contributed by atoms with van der Waals surface area (Å²) in [5, 5.41) is 17.4. The number of ether oxygens (including phenoxy) is 2. The van der Waals surface area contributed by atoms with Crippen LogP contribution in [0, 0.1) is 24.1 Å². The minimum absolute atomic E-state index is 0.00780. The fourth-order valence-electron chi connectivity index (χ4n) is 2.16. The summed E-state index contributed by atoms with van der Waals surface area (Å²) < 4.78 is 24.2. The van der Waals surface area contributed by atoms with Crippen LogP contribution < -0.4 is 9.47 Å². The lowest BCUT2D eigenvalue weighted by molar-refractivity contribution is -0.144. The van der Waals surface area contributed by atoms with Crippen LogP contribution in [-0.4, -0.2) is 17.2 Å². The number of carbonyl (C=O) groups is 1. The van der Waals surface area contributed by atoms with Crippen molar-refractivity contribution in [1.29, 1.82) is 5.26 Å². The molecule has 0 spiro atoms. The van der Waals surface area contributed by atoms with E-state index in [-0.39, 0.29) is 11.3 Å². The summed E-state index contributed by atoms with van der Waals surface area (Å²) in [7, 11) is 0. The van der Waals surface area contributed by atoms with E-state index in [1.807, 2.05) is 24.3 Å². The molecular weight excluding hydrogens is 373 g/mol. The third-order valence-electron chi connectivity index (χ3n) is 3.71. The van der Waals surface area contributed by atoms with Crippen LogP contribution in [0.3, 0.4) is 0 Å². The van der Waals surface area contributed by atoms with Gasteiger partial charge in [-0.1, -0.05) is 35.9 Å². The summed E-state index contributed by atoms with van der Waals surface area (Å²) in [6.07, 6.45) is -0.970. The Labute approximate surface area is 168 Å². The Bertz CT molecular complexity index is 982. The fourth-order valence-corrected chi connectivity index (χ4v) is 2.16. The topological polar surface area (TPSA) is 79.5 Å². The minimum Gasteiger partial charge on any atom is -0.479 e. The molecule has 0 fully saturated rings. The summed E-state index contributed by atoms with van der Waals surface area (Å²) in [4.78, 5) is 10.7. The van der Waals surface area contributed by atoms with Crippen molar-refractivity contribution in [3.05, 3.63) is 89.7 Å². The number of hydrogen-bond acceptors (Lipinski definition) is 4. The average Bonchev–Trinajstić information content (AvgIpc) is 2.72. The molecule has 0 saturated heterocycles. The van der Waals surface area contributed by atoms with Crippen LogP contribution in [0.25, 0.3) is 0 Å². The number of nitrogens with zero attached hydrogens (tertiary/aromatic N) is 1. The number of rotatable bonds is 5. The quantitative estimate of drug-likeness (QED) is 0.633. The van der Waals surface area contributed by atoms with Crippen molar-refractivity contribution < 1.29 is 23.8 Å². The molecule has 3 aromatic carbocycles. The van der Waals surface area contributed by atoms with Crippen LogP contribution in [0.5, 0.6) is 17.2 Å². The maximum Gasteiger partial charge on any atom is 0.344 e. The largest absolute Gasteiger partial charge is 0.479 e. The van der Waals surface area contributed by atoms with Crippen molar-refractivity contribution in [3.63, 3.8) is 0 Å². The summed E-state index contributed by atoms with van der Waals surface area (Å²) in [6, 6.07) is 22.1. The second kappa shape index (κ2) is 10.5. The summed E-state index contributed by atoms with van der Waals surface area (Å²) in [6.45, 7) is 3.50.